The number of aryl methyl sites for hydroxylation is 1. The summed E-state index contributed by atoms with van der Waals surface area (Å²) in [5, 5.41) is 10.3. The van der Waals surface area contributed by atoms with Crippen LogP contribution in [0.25, 0.3) is 0 Å². The lowest BCUT2D eigenvalue weighted by molar-refractivity contribution is 0.121. The van der Waals surface area contributed by atoms with E-state index in [1.54, 1.807) is 0 Å². The predicted molar refractivity (Wildman–Crippen MR) is 80.2 cm³/mol. The van der Waals surface area contributed by atoms with Crippen molar-refractivity contribution in [2.45, 2.75) is 46.1 Å². The molecule has 0 aliphatic carbocycles. The maximum absolute atomic E-state index is 10.3. The second kappa shape index (κ2) is 6.06. The van der Waals surface area contributed by atoms with E-state index >= 15 is 0 Å². The van der Waals surface area contributed by atoms with Crippen LogP contribution in [0.2, 0.25) is 0 Å². The van der Waals surface area contributed by atoms with E-state index in [0.29, 0.717) is 5.41 Å². The number of aliphatic hydroxyl groups excluding tert-OH is 1. The SMILES string of the molecule is CCCc1ccc(C(O)CN2CCC(C)(C)C2)cc1. The Morgan fingerprint density at radius 1 is 1.26 bits per heavy atom. The molecule has 106 valence electrons. The van der Waals surface area contributed by atoms with E-state index in [2.05, 4.69) is 49.9 Å². The first-order chi connectivity index (χ1) is 9.00. The molecule has 1 N–H and O–H groups in total. The first-order valence-electron chi connectivity index (χ1n) is 7.49. The van der Waals surface area contributed by atoms with Gasteiger partial charge in [-0.2, -0.15) is 0 Å². The van der Waals surface area contributed by atoms with Crippen LogP contribution in [0, 0.1) is 5.41 Å². The van der Waals surface area contributed by atoms with E-state index in [9.17, 15) is 5.11 Å². The van der Waals surface area contributed by atoms with Crippen molar-refractivity contribution in [1.29, 1.82) is 0 Å². The van der Waals surface area contributed by atoms with Gasteiger partial charge in [0.2, 0.25) is 0 Å². The monoisotopic (exact) mass is 261 g/mol. The van der Waals surface area contributed by atoms with E-state index in [1.807, 2.05) is 0 Å². The molecule has 1 aromatic rings. The van der Waals surface area contributed by atoms with Gasteiger partial charge < -0.3 is 5.11 Å². The largest absolute Gasteiger partial charge is 0.387 e. The summed E-state index contributed by atoms with van der Waals surface area (Å²) in [5.74, 6) is 0. The third-order valence-electron chi connectivity index (χ3n) is 4.09. The molecule has 0 amide bonds. The summed E-state index contributed by atoms with van der Waals surface area (Å²) in [4.78, 5) is 2.38. The van der Waals surface area contributed by atoms with Gasteiger partial charge in [0.05, 0.1) is 6.10 Å². The van der Waals surface area contributed by atoms with Crippen LogP contribution in [0.3, 0.4) is 0 Å². The van der Waals surface area contributed by atoms with Crippen LogP contribution in [0.15, 0.2) is 24.3 Å². The minimum atomic E-state index is -0.357. The van der Waals surface area contributed by atoms with Crippen molar-refractivity contribution < 1.29 is 5.11 Å². The average molecular weight is 261 g/mol. The summed E-state index contributed by atoms with van der Waals surface area (Å²) in [7, 11) is 0. The molecule has 19 heavy (non-hydrogen) atoms. The molecule has 2 heteroatoms. The molecule has 2 nitrogen and oxygen atoms in total. The van der Waals surface area contributed by atoms with Crippen molar-refractivity contribution in [3.8, 4) is 0 Å². The molecule has 0 bridgehead atoms. The number of likely N-dealkylation sites (tertiary alicyclic amines) is 1. The second-order valence-electron chi connectivity index (χ2n) is 6.66. The predicted octanol–water partition coefficient (Wildman–Crippen LogP) is 3.40. The molecule has 1 atom stereocenters. The maximum atomic E-state index is 10.3. The van der Waals surface area contributed by atoms with E-state index in [4.69, 9.17) is 0 Å². The van der Waals surface area contributed by atoms with Crippen LogP contribution < -0.4 is 0 Å². The lowest BCUT2D eigenvalue weighted by Crippen LogP contribution is -2.28. The fourth-order valence-corrected chi connectivity index (χ4v) is 2.93. The lowest BCUT2D eigenvalue weighted by atomic mass is 9.93. The van der Waals surface area contributed by atoms with Crippen molar-refractivity contribution in [2.75, 3.05) is 19.6 Å². The highest BCUT2D eigenvalue weighted by Crippen LogP contribution is 2.30. The van der Waals surface area contributed by atoms with Gasteiger partial charge >= 0.3 is 0 Å². The standard InChI is InChI=1S/C17H27NO/c1-4-5-14-6-8-15(9-7-14)16(19)12-18-11-10-17(2,3)13-18/h6-9,16,19H,4-5,10-13H2,1-3H3. The van der Waals surface area contributed by atoms with Crippen LogP contribution in [0.4, 0.5) is 0 Å². The molecule has 0 aromatic heterocycles. The number of nitrogens with zero attached hydrogens (tertiary/aromatic N) is 1. The number of hydrogen-bond acceptors (Lipinski definition) is 2. The molecular formula is C17H27NO. The van der Waals surface area contributed by atoms with Gasteiger partial charge in [-0.05, 0) is 35.9 Å². The van der Waals surface area contributed by atoms with Crippen LogP contribution in [0.5, 0.6) is 0 Å². The van der Waals surface area contributed by atoms with E-state index < -0.39 is 0 Å². The zero-order valence-corrected chi connectivity index (χ0v) is 12.5. The lowest BCUT2D eigenvalue weighted by Gasteiger charge is -2.22. The summed E-state index contributed by atoms with van der Waals surface area (Å²) >= 11 is 0. The molecule has 1 aliphatic heterocycles. The Morgan fingerprint density at radius 3 is 2.47 bits per heavy atom. The molecule has 1 saturated heterocycles. The van der Waals surface area contributed by atoms with Gasteiger partial charge in [0.25, 0.3) is 0 Å². The van der Waals surface area contributed by atoms with Crippen molar-refractivity contribution in [1.82, 2.24) is 4.90 Å². The van der Waals surface area contributed by atoms with Crippen molar-refractivity contribution in [3.63, 3.8) is 0 Å². The van der Waals surface area contributed by atoms with Gasteiger partial charge in [0.1, 0.15) is 0 Å². The Hall–Kier alpha value is -0.860. The summed E-state index contributed by atoms with van der Waals surface area (Å²) in [6.45, 7) is 9.77. The topological polar surface area (TPSA) is 23.5 Å². The number of hydrogen-bond donors (Lipinski definition) is 1. The van der Waals surface area contributed by atoms with Crippen molar-refractivity contribution in [3.05, 3.63) is 35.4 Å². The fraction of sp³-hybridized carbons (Fsp3) is 0.647. The molecule has 1 aromatic carbocycles. The Morgan fingerprint density at radius 2 is 1.95 bits per heavy atom. The molecule has 1 unspecified atom stereocenters. The zero-order chi connectivity index (χ0) is 13.9. The highest BCUT2D eigenvalue weighted by atomic mass is 16.3. The molecule has 1 heterocycles. The fourth-order valence-electron chi connectivity index (χ4n) is 2.93. The molecule has 1 aliphatic rings. The summed E-state index contributed by atoms with van der Waals surface area (Å²) < 4.78 is 0. The maximum Gasteiger partial charge on any atom is 0.0916 e. The second-order valence-corrected chi connectivity index (χ2v) is 6.66. The summed E-state index contributed by atoms with van der Waals surface area (Å²) in [6.07, 6.45) is 3.17. The highest BCUT2D eigenvalue weighted by molar-refractivity contribution is 5.24. The molecular weight excluding hydrogens is 234 g/mol. The molecule has 1 fully saturated rings. The van der Waals surface area contributed by atoms with Crippen molar-refractivity contribution in [2.24, 2.45) is 5.41 Å². The van der Waals surface area contributed by atoms with Crippen LogP contribution in [-0.4, -0.2) is 29.6 Å². The Kier molecular flexibility index (Phi) is 4.64. The van der Waals surface area contributed by atoms with Gasteiger partial charge in [0, 0.05) is 13.1 Å². The van der Waals surface area contributed by atoms with Gasteiger partial charge in [-0.1, -0.05) is 51.5 Å². The first kappa shape index (κ1) is 14.5. The zero-order valence-electron chi connectivity index (χ0n) is 12.5. The van der Waals surface area contributed by atoms with E-state index in [1.165, 1.54) is 18.4 Å². The van der Waals surface area contributed by atoms with Crippen LogP contribution in [0.1, 0.15) is 50.8 Å². The van der Waals surface area contributed by atoms with E-state index in [0.717, 1.165) is 31.6 Å². The molecule has 0 saturated carbocycles. The number of rotatable bonds is 5. The number of aliphatic hydroxyl groups is 1. The molecule has 0 radical (unpaired) electrons. The first-order valence-corrected chi connectivity index (χ1v) is 7.49. The third-order valence-corrected chi connectivity index (χ3v) is 4.09. The van der Waals surface area contributed by atoms with Gasteiger partial charge in [-0.25, -0.2) is 0 Å². The number of benzene rings is 1. The highest BCUT2D eigenvalue weighted by Gasteiger charge is 2.30. The Labute approximate surface area is 117 Å². The minimum Gasteiger partial charge on any atom is -0.387 e. The quantitative estimate of drug-likeness (QED) is 0.878. The normalized spacial score (nSPS) is 20.6. The van der Waals surface area contributed by atoms with Crippen LogP contribution in [-0.2, 0) is 6.42 Å². The minimum absolute atomic E-state index is 0.357. The molecule has 0 spiro atoms. The van der Waals surface area contributed by atoms with Gasteiger partial charge in [0.15, 0.2) is 0 Å². The Bertz CT molecular complexity index is 396. The van der Waals surface area contributed by atoms with Gasteiger partial charge in [-0.3, -0.25) is 4.90 Å². The smallest absolute Gasteiger partial charge is 0.0916 e. The summed E-state index contributed by atoms with van der Waals surface area (Å²) in [5.41, 5.74) is 2.82. The van der Waals surface area contributed by atoms with E-state index in [-0.39, 0.29) is 6.10 Å². The third kappa shape index (κ3) is 4.05. The average Bonchev–Trinajstić information content (AvgIpc) is 2.70. The summed E-state index contributed by atoms with van der Waals surface area (Å²) in [6, 6.07) is 8.46. The van der Waals surface area contributed by atoms with Crippen molar-refractivity contribution >= 4 is 0 Å². The van der Waals surface area contributed by atoms with Gasteiger partial charge in [-0.15, -0.1) is 0 Å². The molecule has 2 rings (SSSR count). The van der Waals surface area contributed by atoms with Crippen LogP contribution >= 0.6 is 0 Å². The Balaban J connectivity index is 1.91. The number of β-amino-alcohol motifs (C(OH)–C–C–N with tert-alkyl or cyclic N) is 1.